The number of allylic oxidation sites excluding steroid dienone is 3. The van der Waals surface area contributed by atoms with E-state index in [1.807, 2.05) is 0 Å². The van der Waals surface area contributed by atoms with Crippen LogP contribution < -0.4 is 0 Å². The highest BCUT2D eigenvalue weighted by molar-refractivity contribution is 5.31. The van der Waals surface area contributed by atoms with E-state index < -0.39 is 5.83 Å². The average Bonchev–Trinajstić information content (AvgIpc) is 1.85. The summed E-state index contributed by atoms with van der Waals surface area (Å²) in [7, 11) is 0. The number of halogens is 1. The lowest BCUT2D eigenvalue weighted by Gasteiger charge is -2.08. The normalized spacial score (nSPS) is 12.7. The van der Waals surface area contributed by atoms with Gasteiger partial charge in [0, 0.05) is 5.57 Å². The van der Waals surface area contributed by atoms with Crippen LogP contribution in [0, 0.1) is 5.92 Å². The first-order valence-electron chi connectivity index (χ1n) is 3.41. The summed E-state index contributed by atoms with van der Waals surface area (Å²) in [6.07, 6.45) is 1.21. The summed E-state index contributed by atoms with van der Waals surface area (Å²) in [6.45, 7) is 10.00. The van der Waals surface area contributed by atoms with Crippen LogP contribution in [0.3, 0.4) is 0 Å². The molecule has 0 saturated carbocycles. The Bertz CT molecular complexity index is 202. The maximum absolute atomic E-state index is 12.6. The van der Waals surface area contributed by atoms with Crippen molar-refractivity contribution in [3.8, 4) is 0 Å². The predicted molar refractivity (Wildman–Crippen MR) is 44.9 cm³/mol. The van der Waals surface area contributed by atoms with Crippen molar-refractivity contribution in [2.75, 3.05) is 0 Å². The van der Waals surface area contributed by atoms with Crippen LogP contribution in [0.2, 0.25) is 0 Å². The molecule has 0 atom stereocenters. The molecule has 0 aromatic rings. The van der Waals surface area contributed by atoms with E-state index in [9.17, 15) is 4.39 Å². The van der Waals surface area contributed by atoms with Gasteiger partial charge in [-0.1, -0.05) is 27.0 Å². The van der Waals surface area contributed by atoms with E-state index in [1.54, 1.807) is 13.8 Å². The number of aliphatic hydroxyl groups is 1. The Labute approximate surface area is 66.5 Å². The van der Waals surface area contributed by atoms with Crippen LogP contribution in [-0.2, 0) is 0 Å². The van der Waals surface area contributed by atoms with E-state index in [1.165, 1.54) is 6.08 Å². The van der Waals surface area contributed by atoms with Gasteiger partial charge in [-0.3, -0.25) is 0 Å². The Hall–Kier alpha value is -1.05. The second kappa shape index (κ2) is 3.96. The van der Waals surface area contributed by atoms with Crippen molar-refractivity contribution >= 4 is 0 Å². The Morgan fingerprint density at radius 1 is 1.55 bits per heavy atom. The molecule has 0 spiro atoms. The molecule has 0 aromatic heterocycles. The number of hydrogen-bond donors (Lipinski definition) is 1. The monoisotopic (exact) mass is 156 g/mol. The molecule has 0 bridgehead atoms. The van der Waals surface area contributed by atoms with Crippen LogP contribution in [-0.4, -0.2) is 5.11 Å². The summed E-state index contributed by atoms with van der Waals surface area (Å²) < 4.78 is 12.6. The molecule has 1 N–H and O–H groups in total. The molecule has 2 heteroatoms. The van der Waals surface area contributed by atoms with Crippen LogP contribution >= 0.6 is 0 Å². The van der Waals surface area contributed by atoms with Gasteiger partial charge < -0.3 is 5.11 Å². The molecule has 0 aliphatic rings. The largest absolute Gasteiger partial charge is 0.508 e. The molecule has 0 fully saturated rings. The molecule has 62 valence electrons. The standard InChI is InChI=1S/C9H13FO/c1-5-8(11)9(6(2)3)7(4)10/h5-6,11H,1,4H2,2-3H3/b9-8+. The van der Waals surface area contributed by atoms with E-state index in [4.69, 9.17) is 5.11 Å². The molecule has 0 heterocycles. The fourth-order valence-electron chi connectivity index (χ4n) is 0.858. The number of rotatable bonds is 3. The molecule has 0 aliphatic carbocycles. The second-order valence-corrected chi connectivity index (χ2v) is 2.56. The van der Waals surface area contributed by atoms with Crippen molar-refractivity contribution in [1.82, 2.24) is 0 Å². The average molecular weight is 156 g/mol. The summed E-state index contributed by atoms with van der Waals surface area (Å²) in [5.74, 6) is -0.810. The summed E-state index contributed by atoms with van der Waals surface area (Å²) in [5.41, 5.74) is 0.222. The molecular formula is C9H13FO. The predicted octanol–water partition coefficient (Wildman–Crippen LogP) is 3.12. The molecule has 0 saturated heterocycles. The lowest BCUT2D eigenvalue weighted by molar-refractivity contribution is 0.413. The van der Waals surface area contributed by atoms with Crippen molar-refractivity contribution < 1.29 is 9.50 Å². The minimum absolute atomic E-state index is 0.0782. The zero-order chi connectivity index (χ0) is 9.02. The van der Waals surface area contributed by atoms with Crippen LogP contribution in [0.4, 0.5) is 4.39 Å². The third kappa shape index (κ3) is 2.58. The molecule has 0 amide bonds. The summed E-state index contributed by atoms with van der Waals surface area (Å²) >= 11 is 0. The molecular weight excluding hydrogens is 143 g/mol. The van der Waals surface area contributed by atoms with Crippen molar-refractivity contribution in [3.63, 3.8) is 0 Å². The zero-order valence-electron chi connectivity index (χ0n) is 6.89. The van der Waals surface area contributed by atoms with Gasteiger partial charge in [0.1, 0.15) is 11.6 Å². The quantitative estimate of drug-likeness (QED) is 0.491. The minimum atomic E-state index is -0.600. The van der Waals surface area contributed by atoms with Gasteiger partial charge in [0.15, 0.2) is 0 Å². The van der Waals surface area contributed by atoms with Crippen molar-refractivity contribution in [3.05, 3.63) is 36.4 Å². The van der Waals surface area contributed by atoms with Gasteiger partial charge in [0.25, 0.3) is 0 Å². The van der Waals surface area contributed by atoms with E-state index in [0.717, 1.165) is 0 Å². The minimum Gasteiger partial charge on any atom is -0.508 e. The molecule has 0 radical (unpaired) electrons. The fourth-order valence-corrected chi connectivity index (χ4v) is 0.858. The fraction of sp³-hybridized carbons (Fsp3) is 0.333. The smallest absolute Gasteiger partial charge is 0.123 e. The van der Waals surface area contributed by atoms with Crippen LogP contribution in [0.5, 0.6) is 0 Å². The van der Waals surface area contributed by atoms with Gasteiger partial charge >= 0.3 is 0 Å². The lowest BCUT2D eigenvalue weighted by Crippen LogP contribution is -1.98. The lowest BCUT2D eigenvalue weighted by atomic mass is 10.0. The Morgan fingerprint density at radius 2 is 2.00 bits per heavy atom. The maximum Gasteiger partial charge on any atom is 0.123 e. The Kier molecular flexibility index (Phi) is 3.58. The topological polar surface area (TPSA) is 20.2 Å². The molecule has 0 aromatic carbocycles. The van der Waals surface area contributed by atoms with E-state index >= 15 is 0 Å². The van der Waals surface area contributed by atoms with Crippen LogP contribution in [0.25, 0.3) is 0 Å². The molecule has 1 nitrogen and oxygen atoms in total. The van der Waals surface area contributed by atoms with Gasteiger partial charge in [0.2, 0.25) is 0 Å². The van der Waals surface area contributed by atoms with E-state index in [-0.39, 0.29) is 17.3 Å². The summed E-state index contributed by atoms with van der Waals surface area (Å²) in [5, 5.41) is 9.12. The summed E-state index contributed by atoms with van der Waals surface area (Å²) in [4.78, 5) is 0. The third-order valence-electron chi connectivity index (χ3n) is 1.34. The first kappa shape index (κ1) is 9.95. The van der Waals surface area contributed by atoms with Gasteiger partial charge in [0.05, 0.1) is 0 Å². The van der Waals surface area contributed by atoms with Crippen LogP contribution in [0.15, 0.2) is 36.4 Å². The highest BCUT2D eigenvalue weighted by Crippen LogP contribution is 2.22. The van der Waals surface area contributed by atoms with E-state index in [2.05, 4.69) is 13.2 Å². The van der Waals surface area contributed by atoms with Gasteiger partial charge in [-0.15, -0.1) is 0 Å². The van der Waals surface area contributed by atoms with Crippen LogP contribution in [0.1, 0.15) is 13.8 Å². The number of aliphatic hydroxyl groups excluding tert-OH is 1. The molecule has 0 aliphatic heterocycles. The number of hydrogen-bond acceptors (Lipinski definition) is 1. The van der Waals surface area contributed by atoms with Gasteiger partial charge in [-0.25, -0.2) is 4.39 Å². The van der Waals surface area contributed by atoms with Crippen molar-refractivity contribution in [2.45, 2.75) is 13.8 Å². The van der Waals surface area contributed by atoms with Crippen molar-refractivity contribution in [1.29, 1.82) is 0 Å². The van der Waals surface area contributed by atoms with Crippen molar-refractivity contribution in [2.24, 2.45) is 5.92 Å². The first-order chi connectivity index (χ1) is 5.00. The second-order valence-electron chi connectivity index (χ2n) is 2.56. The SMILES string of the molecule is C=C/C(O)=C(\C(=C)F)C(C)C. The maximum atomic E-state index is 12.6. The van der Waals surface area contributed by atoms with Gasteiger partial charge in [-0.2, -0.15) is 0 Å². The highest BCUT2D eigenvalue weighted by atomic mass is 19.1. The van der Waals surface area contributed by atoms with Gasteiger partial charge in [-0.05, 0) is 12.0 Å². The Balaban J connectivity index is 4.87. The molecule has 11 heavy (non-hydrogen) atoms. The zero-order valence-corrected chi connectivity index (χ0v) is 6.89. The molecule has 0 rings (SSSR count). The highest BCUT2D eigenvalue weighted by Gasteiger charge is 2.11. The van der Waals surface area contributed by atoms with E-state index in [0.29, 0.717) is 0 Å². The summed E-state index contributed by atoms with van der Waals surface area (Å²) in [6, 6.07) is 0. The Morgan fingerprint density at radius 3 is 2.09 bits per heavy atom. The molecule has 0 unspecified atom stereocenters. The third-order valence-corrected chi connectivity index (χ3v) is 1.34. The first-order valence-corrected chi connectivity index (χ1v) is 3.41.